The van der Waals surface area contributed by atoms with Gasteiger partial charge in [-0.3, -0.25) is 19.0 Å². The highest BCUT2D eigenvalue weighted by Gasteiger charge is 2.26. The van der Waals surface area contributed by atoms with Crippen LogP contribution in [-0.4, -0.2) is 57.4 Å². The molecule has 9 heteroatoms. The normalized spacial score (nSPS) is 16.5. The van der Waals surface area contributed by atoms with Crippen molar-refractivity contribution < 1.29 is 28.4 Å². The first kappa shape index (κ1) is 23.0. The van der Waals surface area contributed by atoms with Crippen molar-refractivity contribution in [2.24, 2.45) is 0 Å². The molecule has 1 amide bonds. The van der Waals surface area contributed by atoms with E-state index >= 15 is 0 Å². The van der Waals surface area contributed by atoms with Crippen LogP contribution in [0.1, 0.15) is 12.0 Å². The number of fused-ring (bicyclic) bond motifs is 1. The second-order valence-electron chi connectivity index (χ2n) is 5.65. The Balaban J connectivity index is 0.00000192. The smallest absolute Gasteiger partial charge is 0.414 e. The van der Waals surface area contributed by atoms with E-state index in [1.807, 2.05) is 18.2 Å². The highest BCUT2D eigenvalue weighted by atomic mass is 19.0. The fourth-order valence-electron chi connectivity index (χ4n) is 2.96. The van der Waals surface area contributed by atoms with Gasteiger partial charge in [-0.2, -0.15) is 0 Å². The molecule has 0 unspecified atom stereocenters. The van der Waals surface area contributed by atoms with E-state index < -0.39 is 0 Å². The van der Waals surface area contributed by atoms with Gasteiger partial charge in [0.2, 0.25) is 0 Å². The number of carbonyl (C=O) groups excluding carboxylic acids is 1. The summed E-state index contributed by atoms with van der Waals surface area (Å²) in [4.78, 5) is 16.2. The number of piperazine rings is 1. The van der Waals surface area contributed by atoms with Crippen LogP contribution in [0.5, 0.6) is 5.75 Å². The summed E-state index contributed by atoms with van der Waals surface area (Å²) in [6, 6.07) is 5.78. The summed E-state index contributed by atoms with van der Waals surface area (Å²) >= 11 is 0. The number of nitrogens with one attached hydrogen (secondary N) is 1. The molecule has 0 radical (unpaired) electrons. The highest BCUT2D eigenvalue weighted by molar-refractivity contribution is 5.90. The van der Waals surface area contributed by atoms with Crippen LogP contribution < -0.4 is 15.0 Å². The van der Waals surface area contributed by atoms with E-state index in [1.165, 1.54) is 0 Å². The molecule has 1 saturated heterocycles. The lowest BCUT2D eigenvalue weighted by Gasteiger charge is -2.31. The number of carbonyl (C=O) groups is 1. The zero-order valence-corrected chi connectivity index (χ0v) is 14.2. The number of benzene rings is 1. The van der Waals surface area contributed by atoms with E-state index in [-0.39, 0.29) is 20.2 Å². The summed E-state index contributed by atoms with van der Waals surface area (Å²) in [7, 11) is 1.64. The Kier molecular flexibility index (Phi) is 9.92. The van der Waals surface area contributed by atoms with Crippen molar-refractivity contribution in [3.05, 3.63) is 23.8 Å². The molecular weight excluding hydrogens is 339 g/mol. The molecule has 0 saturated carbocycles. The van der Waals surface area contributed by atoms with Crippen molar-refractivity contribution in [1.82, 2.24) is 10.2 Å². The molecule has 1 fully saturated rings. The maximum Gasteiger partial charge on any atom is 0.414 e. The maximum atomic E-state index is 12.1. The number of rotatable bonds is 5. The Labute approximate surface area is 145 Å². The van der Waals surface area contributed by atoms with Gasteiger partial charge in [0.1, 0.15) is 12.4 Å². The molecule has 0 bridgehead atoms. The summed E-state index contributed by atoms with van der Waals surface area (Å²) in [6.45, 7) is 6.27. The molecule has 1 aromatic carbocycles. The summed E-state index contributed by atoms with van der Waals surface area (Å²) in [5, 5.41) is 3.35. The largest absolute Gasteiger partial charge is 0.497 e. The lowest BCUT2D eigenvalue weighted by molar-refractivity contribution is 0.141. The predicted molar refractivity (Wildman–Crippen MR) is 92.0 cm³/mol. The Morgan fingerprint density at radius 3 is 2.56 bits per heavy atom. The number of anilines is 1. The molecule has 3 rings (SSSR count). The number of amides is 1. The topological polar surface area (TPSA) is 54.0 Å². The van der Waals surface area contributed by atoms with Gasteiger partial charge in [0.05, 0.1) is 12.8 Å². The van der Waals surface area contributed by atoms with Crippen molar-refractivity contribution >= 4 is 11.8 Å². The molecule has 2 heterocycles. The Morgan fingerprint density at radius 2 is 1.88 bits per heavy atom. The van der Waals surface area contributed by atoms with Gasteiger partial charge in [-0.1, -0.05) is 0 Å². The number of cyclic esters (lactones) is 1. The van der Waals surface area contributed by atoms with Gasteiger partial charge in [0, 0.05) is 44.4 Å². The van der Waals surface area contributed by atoms with Crippen LogP contribution in [0.3, 0.4) is 0 Å². The lowest BCUT2D eigenvalue weighted by Crippen LogP contribution is -2.45. The van der Waals surface area contributed by atoms with Crippen LogP contribution in [0.15, 0.2) is 18.2 Å². The van der Waals surface area contributed by atoms with Crippen molar-refractivity contribution in [3.8, 4) is 5.75 Å². The lowest BCUT2D eigenvalue weighted by atomic mass is 10.1. The van der Waals surface area contributed by atoms with Gasteiger partial charge in [-0.25, -0.2) is 4.79 Å². The fraction of sp³-hybridized carbons (Fsp3) is 0.562. The molecule has 2 aliphatic rings. The SMILES string of the molecule is COc1ccc2c(c1)N(CCCN1CCNCC1)C(=O)OC2.F.F.F. The van der Waals surface area contributed by atoms with Crippen molar-refractivity contribution in [1.29, 1.82) is 0 Å². The fourth-order valence-corrected chi connectivity index (χ4v) is 2.96. The number of halogens is 3. The van der Waals surface area contributed by atoms with Gasteiger partial charge in [0.25, 0.3) is 0 Å². The Hall–Kier alpha value is -2.00. The number of ether oxygens (including phenoxy) is 2. The Bertz CT molecular complexity index is 543. The summed E-state index contributed by atoms with van der Waals surface area (Å²) in [6.07, 6.45) is 0.673. The van der Waals surface area contributed by atoms with Gasteiger partial charge in [-0.15, -0.1) is 0 Å². The zero-order valence-electron chi connectivity index (χ0n) is 14.2. The van der Waals surface area contributed by atoms with Crippen LogP contribution >= 0.6 is 0 Å². The first-order valence-corrected chi connectivity index (χ1v) is 7.82. The number of hydrogen-bond acceptors (Lipinski definition) is 5. The molecule has 0 aliphatic carbocycles. The third-order valence-electron chi connectivity index (χ3n) is 4.22. The summed E-state index contributed by atoms with van der Waals surface area (Å²) in [5.41, 5.74) is 1.94. The van der Waals surface area contributed by atoms with Crippen LogP contribution in [0.25, 0.3) is 0 Å². The van der Waals surface area contributed by atoms with E-state index in [1.54, 1.807) is 12.0 Å². The zero-order chi connectivity index (χ0) is 15.4. The average molecular weight is 365 g/mol. The second kappa shape index (κ2) is 10.8. The van der Waals surface area contributed by atoms with Crippen LogP contribution in [0.4, 0.5) is 24.6 Å². The summed E-state index contributed by atoms with van der Waals surface area (Å²) < 4.78 is 10.5. The molecule has 6 nitrogen and oxygen atoms in total. The average Bonchev–Trinajstić information content (AvgIpc) is 2.57. The maximum absolute atomic E-state index is 12.1. The van der Waals surface area contributed by atoms with Gasteiger partial charge in [-0.05, 0) is 25.1 Å². The van der Waals surface area contributed by atoms with Crippen molar-refractivity contribution in [2.45, 2.75) is 13.0 Å². The van der Waals surface area contributed by atoms with E-state index in [0.717, 1.165) is 56.1 Å². The third kappa shape index (κ3) is 5.50. The minimum Gasteiger partial charge on any atom is -0.497 e. The van der Waals surface area contributed by atoms with Gasteiger partial charge >= 0.3 is 6.09 Å². The Morgan fingerprint density at radius 1 is 1.16 bits per heavy atom. The van der Waals surface area contributed by atoms with Crippen molar-refractivity contribution in [3.63, 3.8) is 0 Å². The first-order valence-electron chi connectivity index (χ1n) is 7.82. The van der Waals surface area contributed by atoms with E-state index in [0.29, 0.717) is 13.2 Å². The summed E-state index contributed by atoms with van der Waals surface area (Å²) in [5.74, 6) is 0.764. The molecule has 1 N–H and O–H groups in total. The van der Waals surface area contributed by atoms with E-state index in [2.05, 4.69) is 10.2 Å². The minimum atomic E-state index is -0.263. The number of hydrogen-bond donors (Lipinski definition) is 1. The minimum absolute atomic E-state index is 0. The second-order valence-corrected chi connectivity index (χ2v) is 5.65. The third-order valence-corrected chi connectivity index (χ3v) is 4.22. The van der Waals surface area contributed by atoms with Crippen LogP contribution in [-0.2, 0) is 11.3 Å². The molecule has 1 aromatic rings. The van der Waals surface area contributed by atoms with Crippen molar-refractivity contribution in [2.75, 3.05) is 51.3 Å². The monoisotopic (exact) mass is 365 g/mol. The number of nitrogens with zero attached hydrogens (tertiary/aromatic N) is 2. The van der Waals surface area contributed by atoms with E-state index in [9.17, 15) is 4.79 Å². The molecule has 0 aromatic heterocycles. The first-order chi connectivity index (χ1) is 10.8. The van der Waals surface area contributed by atoms with Crippen LogP contribution in [0, 0.1) is 0 Å². The van der Waals surface area contributed by atoms with Gasteiger partial charge < -0.3 is 19.7 Å². The predicted octanol–water partition coefficient (Wildman–Crippen LogP) is 1.90. The molecule has 0 atom stereocenters. The molecule has 0 spiro atoms. The highest BCUT2D eigenvalue weighted by Crippen LogP contribution is 2.31. The molecular formula is C16H26F3N3O3. The molecule has 2 aliphatic heterocycles. The standard InChI is InChI=1S/C16H23N3O3.3FH/c1-21-14-4-3-13-12-22-16(20)19(15(13)11-14)8-2-7-18-9-5-17-6-10-18;;;/h3-4,11,17H,2,5-10,12H2,1H3;3*1H. The quantitative estimate of drug-likeness (QED) is 0.864. The van der Waals surface area contributed by atoms with Gasteiger partial charge in [0.15, 0.2) is 0 Å². The molecule has 144 valence electrons. The molecule has 25 heavy (non-hydrogen) atoms. The number of methoxy groups -OCH3 is 1. The van der Waals surface area contributed by atoms with E-state index in [4.69, 9.17) is 9.47 Å². The van der Waals surface area contributed by atoms with Crippen LogP contribution in [0.2, 0.25) is 0 Å².